The third-order valence-corrected chi connectivity index (χ3v) is 5.30. The van der Waals surface area contributed by atoms with Crippen LogP contribution in [0.3, 0.4) is 0 Å². The van der Waals surface area contributed by atoms with Crippen LogP contribution in [0, 0.1) is 5.92 Å². The molecule has 27 heavy (non-hydrogen) atoms. The van der Waals surface area contributed by atoms with Gasteiger partial charge in [0.15, 0.2) is 17.6 Å². The summed E-state index contributed by atoms with van der Waals surface area (Å²) in [6, 6.07) is 5.53. The van der Waals surface area contributed by atoms with E-state index in [1.165, 1.54) is 32.1 Å². The van der Waals surface area contributed by atoms with Crippen LogP contribution in [0.1, 0.15) is 63.9 Å². The number of benzene rings is 1. The summed E-state index contributed by atoms with van der Waals surface area (Å²) < 4.78 is 15.9. The third-order valence-electron chi connectivity index (χ3n) is 5.30. The smallest absolute Gasteiger partial charge is 0.306 e. The van der Waals surface area contributed by atoms with Gasteiger partial charge in [0.2, 0.25) is 6.79 Å². The highest BCUT2D eigenvalue weighted by Crippen LogP contribution is 2.32. The second-order valence-electron chi connectivity index (χ2n) is 7.43. The molecule has 1 aromatic carbocycles. The minimum Gasteiger partial charge on any atom is -0.454 e. The lowest BCUT2D eigenvalue weighted by Gasteiger charge is -2.21. The predicted molar refractivity (Wildman–Crippen MR) is 100 cm³/mol. The van der Waals surface area contributed by atoms with Crippen molar-refractivity contribution in [3.63, 3.8) is 0 Å². The lowest BCUT2D eigenvalue weighted by molar-refractivity contribution is -0.155. The molecule has 3 rings (SSSR count). The Bertz CT molecular complexity index is 654. The molecular weight excluding hydrogens is 346 g/mol. The van der Waals surface area contributed by atoms with Crippen molar-refractivity contribution in [2.75, 3.05) is 6.79 Å². The fraction of sp³-hybridized carbons (Fsp3) is 0.619. The minimum atomic E-state index is -0.791. The van der Waals surface area contributed by atoms with Crippen LogP contribution in [-0.2, 0) is 20.9 Å². The van der Waals surface area contributed by atoms with E-state index in [0.29, 0.717) is 24.5 Å². The van der Waals surface area contributed by atoms with E-state index in [2.05, 4.69) is 5.32 Å². The van der Waals surface area contributed by atoms with Crippen LogP contribution < -0.4 is 14.8 Å². The average Bonchev–Trinajstić information content (AvgIpc) is 3.14. The maximum absolute atomic E-state index is 12.2. The Labute approximate surface area is 160 Å². The molecule has 0 aromatic heterocycles. The van der Waals surface area contributed by atoms with Gasteiger partial charge in [-0.25, -0.2) is 0 Å². The van der Waals surface area contributed by atoms with Crippen LogP contribution in [-0.4, -0.2) is 24.8 Å². The van der Waals surface area contributed by atoms with Gasteiger partial charge in [-0.3, -0.25) is 9.59 Å². The molecule has 148 valence electrons. The molecule has 1 heterocycles. The monoisotopic (exact) mass is 375 g/mol. The fourth-order valence-electron chi connectivity index (χ4n) is 3.70. The second-order valence-corrected chi connectivity index (χ2v) is 7.43. The highest BCUT2D eigenvalue weighted by molar-refractivity contribution is 5.83. The topological polar surface area (TPSA) is 73.9 Å². The highest BCUT2D eigenvalue weighted by Gasteiger charge is 2.19. The number of carbonyl (C=O) groups is 2. The molecule has 1 aromatic rings. The zero-order valence-electron chi connectivity index (χ0n) is 16.0. The quantitative estimate of drug-likeness (QED) is 0.701. The van der Waals surface area contributed by atoms with Gasteiger partial charge in [-0.05, 0) is 43.4 Å². The largest absolute Gasteiger partial charge is 0.454 e. The fourth-order valence-corrected chi connectivity index (χ4v) is 3.70. The number of rotatable bonds is 8. The Hall–Kier alpha value is -2.24. The molecule has 0 spiro atoms. The molecular formula is C21H29NO5. The van der Waals surface area contributed by atoms with Gasteiger partial charge in [0.25, 0.3) is 5.91 Å². The molecule has 1 aliphatic heterocycles. The van der Waals surface area contributed by atoms with Gasteiger partial charge in [-0.2, -0.15) is 0 Å². The molecule has 6 nitrogen and oxygen atoms in total. The number of fused-ring (bicyclic) bond motifs is 1. The number of carbonyl (C=O) groups excluding carboxylic acids is 2. The van der Waals surface area contributed by atoms with Crippen LogP contribution in [0.4, 0.5) is 0 Å². The summed E-state index contributed by atoms with van der Waals surface area (Å²) in [7, 11) is 0. The number of amides is 1. The first-order chi connectivity index (χ1) is 13.1. The van der Waals surface area contributed by atoms with Gasteiger partial charge in [-0.15, -0.1) is 0 Å². The molecule has 0 unspecified atom stereocenters. The number of esters is 1. The number of nitrogens with one attached hydrogen (secondary N) is 1. The van der Waals surface area contributed by atoms with Crippen molar-refractivity contribution >= 4 is 11.9 Å². The van der Waals surface area contributed by atoms with Crippen LogP contribution >= 0.6 is 0 Å². The van der Waals surface area contributed by atoms with Crippen molar-refractivity contribution in [1.82, 2.24) is 5.32 Å². The molecule has 6 heteroatoms. The molecule has 2 aliphatic rings. The highest BCUT2D eigenvalue weighted by atomic mass is 16.7. The first kappa shape index (κ1) is 19.5. The van der Waals surface area contributed by atoms with Crippen LogP contribution in [0.5, 0.6) is 11.5 Å². The van der Waals surface area contributed by atoms with E-state index < -0.39 is 6.10 Å². The minimum absolute atomic E-state index is 0.221. The molecule has 1 amide bonds. The molecule has 1 atom stereocenters. The zero-order valence-corrected chi connectivity index (χ0v) is 16.0. The second kappa shape index (κ2) is 9.62. The van der Waals surface area contributed by atoms with Gasteiger partial charge in [0.05, 0.1) is 0 Å². The molecule has 1 N–H and O–H groups in total. The molecule has 0 radical (unpaired) electrons. The molecule has 0 bridgehead atoms. The summed E-state index contributed by atoms with van der Waals surface area (Å²) >= 11 is 0. The van der Waals surface area contributed by atoms with E-state index in [1.54, 1.807) is 6.92 Å². The summed E-state index contributed by atoms with van der Waals surface area (Å²) in [5.74, 6) is 1.55. The lowest BCUT2D eigenvalue weighted by Crippen LogP contribution is -2.35. The van der Waals surface area contributed by atoms with Crippen LogP contribution in [0.2, 0.25) is 0 Å². The summed E-state index contributed by atoms with van der Waals surface area (Å²) in [5, 5.41) is 2.79. The first-order valence-corrected chi connectivity index (χ1v) is 9.97. The van der Waals surface area contributed by atoms with Gasteiger partial charge >= 0.3 is 5.97 Å². The zero-order chi connectivity index (χ0) is 19.1. The van der Waals surface area contributed by atoms with E-state index in [-0.39, 0.29) is 18.7 Å². The van der Waals surface area contributed by atoms with Crippen molar-refractivity contribution in [3.05, 3.63) is 23.8 Å². The van der Waals surface area contributed by atoms with E-state index >= 15 is 0 Å². The third kappa shape index (κ3) is 5.88. The summed E-state index contributed by atoms with van der Waals surface area (Å²) in [6.07, 6.45) is 8.07. The predicted octanol–water partition coefficient (Wildman–Crippen LogP) is 3.71. The van der Waals surface area contributed by atoms with Crippen molar-refractivity contribution in [2.24, 2.45) is 5.92 Å². The summed E-state index contributed by atoms with van der Waals surface area (Å²) in [6.45, 7) is 2.17. The molecule has 0 saturated heterocycles. The standard InChI is InChI=1S/C21H29NO5/c1-15(27-20(23)9-5-8-16-6-3-2-4-7-16)21(24)22-13-17-10-11-18-19(12-17)26-14-25-18/h10-12,15-16H,2-9,13-14H2,1H3,(H,22,24)/t15-/m1/s1. The Morgan fingerprint density at radius 2 is 1.96 bits per heavy atom. The number of hydrogen-bond acceptors (Lipinski definition) is 5. The van der Waals surface area contributed by atoms with E-state index in [9.17, 15) is 9.59 Å². The van der Waals surface area contributed by atoms with Crippen LogP contribution in [0.25, 0.3) is 0 Å². The van der Waals surface area contributed by atoms with Crippen molar-refractivity contribution in [1.29, 1.82) is 0 Å². The Kier molecular flexibility index (Phi) is 6.96. The molecule has 1 aliphatic carbocycles. The van der Waals surface area contributed by atoms with Crippen molar-refractivity contribution in [3.8, 4) is 11.5 Å². The van der Waals surface area contributed by atoms with Crippen molar-refractivity contribution in [2.45, 2.75) is 70.9 Å². The Morgan fingerprint density at radius 3 is 2.78 bits per heavy atom. The molecule has 1 saturated carbocycles. The van der Waals surface area contributed by atoms with Gasteiger partial charge in [0, 0.05) is 13.0 Å². The summed E-state index contributed by atoms with van der Waals surface area (Å²) in [4.78, 5) is 24.1. The number of ether oxygens (including phenoxy) is 3. The van der Waals surface area contributed by atoms with Gasteiger partial charge in [-0.1, -0.05) is 38.2 Å². The van der Waals surface area contributed by atoms with Crippen LogP contribution in [0.15, 0.2) is 18.2 Å². The number of hydrogen-bond donors (Lipinski definition) is 1. The van der Waals surface area contributed by atoms with E-state index in [4.69, 9.17) is 14.2 Å². The van der Waals surface area contributed by atoms with Gasteiger partial charge < -0.3 is 19.5 Å². The maximum Gasteiger partial charge on any atom is 0.306 e. The average molecular weight is 375 g/mol. The normalized spacial score (nSPS) is 17.4. The maximum atomic E-state index is 12.2. The first-order valence-electron chi connectivity index (χ1n) is 9.97. The Balaban J connectivity index is 1.33. The van der Waals surface area contributed by atoms with E-state index in [0.717, 1.165) is 24.3 Å². The van der Waals surface area contributed by atoms with E-state index in [1.807, 2.05) is 18.2 Å². The summed E-state index contributed by atoms with van der Waals surface area (Å²) in [5.41, 5.74) is 0.901. The van der Waals surface area contributed by atoms with Gasteiger partial charge in [0.1, 0.15) is 0 Å². The molecule has 1 fully saturated rings. The van der Waals surface area contributed by atoms with Crippen molar-refractivity contribution < 1.29 is 23.8 Å². The lowest BCUT2D eigenvalue weighted by atomic mass is 9.86. The SMILES string of the molecule is C[C@@H](OC(=O)CCCC1CCCCC1)C(=O)NCc1ccc2c(c1)OCO2. The Morgan fingerprint density at radius 1 is 1.19 bits per heavy atom.